The van der Waals surface area contributed by atoms with Gasteiger partial charge in [-0.3, -0.25) is 4.79 Å². The lowest BCUT2D eigenvalue weighted by Gasteiger charge is -2.22. The first-order valence-corrected chi connectivity index (χ1v) is 8.54. The number of benzene rings is 1. The number of aromatic nitrogens is 2. The quantitative estimate of drug-likeness (QED) is 0.791. The van der Waals surface area contributed by atoms with Gasteiger partial charge in [-0.05, 0) is 24.1 Å². The Kier molecular flexibility index (Phi) is 4.05. The van der Waals surface area contributed by atoms with Gasteiger partial charge in [0.15, 0.2) is 0 Å². The number of hydrogen-bond acceptors (Lipinski definition) is 4. The van der Waals surface area contributed by atoms with Crippen LogP contribution in [0.25, 0.3) is 11.0 Å². The largest absolute Gasteiger partial charge is 0.463 e. The first-order chi connectivity index (χ1) is 12.2. The smallest absolute Gasteiger partial charge is 0.258 e. The monoisotopic (exact) mass is 339 g/mol. The zero-order valence-corrected chi connectivity index (χ0v) is 14.4. The van der Waals surface area contributed by atoms with Crippen LogP contribution in [0.2, 0.25) is 0 Å². The Hall–Kier alpha value is -2.60. The Balaban J connectivity index is 1.71. The van der Waals surface area contributed by atoms with Crippen LogP contribution >= 0.6 is 0 Å². The summed E-state index contributed by atoms with van der Waals surface area (Å²) in [7, 11) is 1.68. The predicted octanol–water partition coefficient (Wildman–Crippen LogP) is 3.32. The summed E-state index contributed by atoms with van der Waals surface area (Å²) in [5, 5.41) is 0.864. The van der Waals surface area contributed by atoms with Crippen molar-refractivity contribution in [3.05, 3.63) is 53.8 Å². The van der Waals surface area contributed by atoms with E-state index >= 15 is 0 Å². The number of rotatable bonds is 4. The van der Waals surface area contributed by atoms with Gasteiger partial charge in [-0.1, -0.05) is 13.0 Å². The van der Waals surface area contributed by atoms with E-state index in [1.807, 2.05) is 23.1 Å². The molecule has 1 aliphatic heterocycles. The molecule has 0 unspecified atom stereocenters. The van der Waals surface area contributed by atoms with Crippen molar-refractivity contribution in [3.63, 3.8) is 0 Å². The number of H-pyrrole nitrogens is 1. The molecule has 1 fully saturated rings. The minimum Gasteiger partial charge on any atom is -0.463 e. The number of hydrogen-bond donors (Lipinski definition) is 1. The van der Waals surface area contributed by atoms with Crippen molar-refractivity contribution in [2.75, 3.05) is 13.7 Å². The number of nitrogens with zero attached hydrogens (tertiary/aromatic N) is 2. The van der Waals surface area contributed by atoms with E-state index in [-0.39, 0.29) is 18.1 Å². The van der Waals surface area contributed by atoms with Crippen molar-refractivity contribution in [2.24, 2.45) is 0 Å². The number of aryl methyl sites for hydroxylation is 1. The molecule has 1 N–H and O–H groups in total. The second-order valence-electron chi connectivity index (χ2n) is 6.37. The summed E-state index contributed by atoms with van der Waals surface area (Å²) in [5.41, 5.74) is 2.51. The van der Waals surface area contributed by atoms with E-state index < -0.39 is 0 Å². The van der Waals surface area contributed by atoms with Crippen molar-refractivity contribution >= 4 is 16.9 Å². The summed E-state index contributed by atoms with van der Waals surface area (Å²) in [4.78, 5) is 22.6. The molecule has 130 valence electrons. The Morgan fingerprint density at radius 3 is 3.08 bits per heavy atom. The fraction of sp³-hybridized carbons (Fsp3) is 0.368. The van der Waals surface area contributed by atoms with Crippen LogP contribution in [0.3, 0.4) is 0 Å². The van der Waals surface area contributed by atoms with Gasteiger partial charge in [0.05, 0.1) is 17.7 Å². The number of fused-ring (bicyclic) bond motifs is 1. The van der Waals surface area contributed by atoms with Gasteiger partial charge < -0.3 is 19.0 Å². The zero-order chi connectivity index (χ0) is 17.4. The Labute approximate surface area is 145 Å². The van der Waals surface area contributed by atoms with Crippen molar-refractivity contribution in [3.8, 4) is 0 Å². The van der Waals surface area contributed by atoms with Gasteiger partial charge in [0.2, 0.25) is 0 Å². The molecule has 1 amide bonds. The van der Waals surface area contributed by atoms with Gasteiger partial charge in [-0.25, -0.2) is 4.98 Å². The minimum absolute atomic E-state index is 0.00316. The van der Waals surface area contributed by atoms with Crippen LogP contribution < -0.4 is 0 Å². The van der Waals surface area contributed by atoms with Crippen LogP contribution in [0.1, 0.15) is 41.1 Å². The summed E-state index contributed by atoms with van der Waals surface area (Å²) in [6, 6.07) is 5.88. The molecule has 1 aliphatic rings. The zero-order valence-electron chi connectivity index (χ0n) is 14.4. The highest BCUT2D eigenvalue weighted by atomic mass is 16.5. The van der Waals surface area contributed by atoms with E-state index in [1.54, 1.807) is 25.8 Å². The average molecular weight is 339 g/mol. The molecule has 0 aliphatic carbocycles. The van der Waals surface area contributed by atoms with Gasteiger partial charge in [-0.2, -0.15) is 0 Å². The Bertz CT molecular complexity index is 885. The third kappa shape index (κ3) is 2.72. The number of carbonyl (C=O) groups is 1. The summed E-state index contributed by atoms with van der Waals surface area (Å²) in [6.07, 6.45) is 6.69. The SMILES string of the molecule is CCc1ccc2occ(C(=O)N3C[C@H](OC)C[C@H]3c3ncc[nH]3)c2c1. The van der Waals surface area contributed by atoms with E-state index in [9.17, 15) is 4.79 Å². The van der Waals surface area contributed by atoms with Gasteiger partial charge in [0.1, 0.15) is 17.7 Å². The molecule has 4 rings (SSSR count). The number of likely N-dealkylation sites (tertiary alicyclic amines) is 1. The van der Waals surface area contributed by atoms with Crippen LogP contribution in [-0.4, -0.2) is 40.5 Å². The third-order valence-electron chi connectivity index (χ3n) is 4.97. The molecule has 3 heterocycles. The van der Waals surface area contributed by atoms with Gasteiger partial charge in [0.25, 0.3) is 5.91 Å². The molecule has 2 atom stereocenters. The molecule has 0 saturated carbocycles. The van der Waals surface area contributed by atoms with Gasteiger partial charge >= 0.3 is 0 Å². The maximum Gasteiger partial charge on any atom is 0.258 e. The molecule has 3 aromatic rings. The van der Waals surface area contributed by atoms with E-state index in [4.69, 9.17) is 9.15 Å². The molecule has 25 heavy (non-hydrogen) atoms. The second-order valence-corrected chi connectivity index (χ2v) is 6.37. The first-order valence-electron chi connectivity index (χ1n) is 8.54. The number of aromatic amines is 1. The van der Waals surface area contributed by atoms with E-state index in [0.29, 0.717) is 12.1 Å². The Morgan fingerprint density at radius 1 is 1.48 bits per heavy atom. The minimum atomic E-state index is -0.119. The summed E-state index contributed by atoms with van der Waals surface area (Å²) < 4.78 is 11.1. The van der Waals surface area contributed by atoms with E-state index in [2.05, 4.69) is 16.9 Å². The van der Waals surface area contributed by atoms with E-state index in [1.165, 1.54) is 5.56 Å². The maximum atomic E-state index is 13.3. The number of methoxy groups -OCH3 is 1. The fourth-order valence-corrected chi connectivity index (χ4v) is 3.53. The lowest BCUT2D eigenvalue weighted by Crippen LogP contribution is -2.32. The highest BCUT2D eigenvalue weighted by molar-refractivity contribution is 6.06. The van der Waals surface area contributed by atoms with Crippen molar-refractivity contribution in [1.29, 1.82) is 0 Å². The molecule has 1 saturated heterocycles. The molecular formula is C19H21N3O3. The normalized spacial score (nSPS) is 20.5. The van der Waals surface area contributed by atoms with Crippen LogP contribution in [0, 0.1) is 0 Å². The predicted molar refractivity (Wildman–Crippen MR) is 93.4 cm³/mol. The van der Waals surface area contributed by atoms with Gasteiger partial charge in [0, 0.05) is 37.9 Å². The standard InChI is InChI=1S/C19H21N3O3/c1-3-12-4-5-17-14(8-12)15(11-25-17)19(23)22-10-13(24-2)9-16(22)18-20-6-7-21-18/h4-8,11,13,16H,3,9-10H2,1-2H3,(H,20,21)/t13-,16+/m1/s1. The number of carbonyl (C=O) groups excluding carboxylic acids is 1. The van der Waals surface area contributed by atoms with Crippen LogP contribution in [-0.2, 0) is 11.2 Å². The number of ether oxygens (including phenoxy) is 1. The fourth-order valence-electron chi connectivity index (χ4n) is 3.53. The van der Waals surface area contributed by atoms with Crippen LogP contribution in [0.5, 0.6) is 0 Å². The summed E-state index contributed by atoms with van der Waals surface area (Å²) in [5.74, 6) is 0.739. The maximum absolute atomic E-state index is 13.3. The number of amides is 1. The molecule has 0 radical (unpaired) electrons. The molecular weight excluding hydrogens is 318 g/mol. The molecule has 2 aromatic heterocycles. The number of nitrogens with one attached hydrogen (secondary N) is 1. The average Bonchev–Trinajstić information content (AvgIpc) is 3.38. The molecule has 0 spiro atoms. The second kappa shape index (κ2) is 6.37. The van der Waals surface area contributed by atoms with Crippen molar-refractivity contribution < 1.29 is 13.9 Å². The first kappa shape index (κ1) is 15.9. The van der Waals surface area contributed by atoms with Crippen LogP contribution in [0.4, 0.5) is 0 Å². The summed E-state index contributed by atoms with van der Waals surface area (Å²) in [6.45, 7) is 2.64. The highest BCUT2D eigenvalue weighted by Crippen LogP contribution is 2.34. The van der Waals surface area contributed by atoms with Gasteiger partial charge in [-0.15, -0.1) is 0 Å². The molecule has 1 aromatic carbocycles. The van der Waals surface area contributed by atoms with E-state index in [0.717, 1.165) is 29.6 Å². The summed E-state index contributed by atoms with van der Waals surface area (Å²) >= 11 is 0. The number of imidazole rings is 1. The van der Waals surface area contributed by atoms with Crippen LogP contribution in [0.15, 0.2) is 41.3 Å². The van der Waals surface area contributed by atoms with Crippen molar-refractivity contribution in [1.82, 2.24) is 14.9 Å². The van der Waals surface area contributed by atoms with Crippen molar-refractivity contribution in [2.45, 2.75) is 31.9 Å². The lowest BCUT2D eigenvalue weighted by molar-refractivity contribution is 0.0685. The molecule has 0 bridgehead atoms. The lowest BCUT2D eigenvalue weighted by atomic mass is 10.1. The third-order valence-corrected chi connectivity index (χ3v) is 4.97. The highest BCUT2D eigenvalue weighted by Gasteiger charge is 2.38. The molecule has 6 nitrogen and oxygen atoms in total. The topological polar surface area (TPSA) is 71.4 Å². The number of furan rings is 1. The molecule has 6 heteroatoms. The Morgan fingerprint density at radius 2 is 2.36 bits per heavy atom.